The second-order valence-electron chi connectivity index (χ2n) is 3.87. The van der Waals surface area contributed by atoms with Crippen LogP contribution in [0.15, 0.2) is 10.6 Å². The van der Waals surface area contributed by atoms with E-state index in [1.165, 1.54) is 16.7 Å². The van der Waals surface area contributed by atoms with E-state index in [-0.39, 0.29) is 17.0 Å². The van der Waals surface area contributed by atoms with Crippen LogP contribution in [0.25, 0.3) is 0 Å². The molecule has 3 N–H and O–H groups in total. The highest BCUT2D eigenvalue weighted by atomic mass is 32.2. The topological polar surface area (TPSA) is 81.7 Å². The predicted octanol–water partition coefficient (Wildman–Crippen LogP) is 0.0718. The molecule has 0 aromatic carbocycles. The summed E-state index contributed by atoms with van der Waals surface area (Å²) in [5.74, 6) is -1.15. The van der Waals surface area contributed by atoms with Gasteiger partial charge in [-0.1, -0.05) is 0 Å². The molecule has 1 amide bonds. The maximum Gasteiger partial charge on any atom is 0.353 e. The Labute approximate surface area is 114 Å². The molecule has 0 bridgehead atoms. The van der Waals surface area contributed by atoms with Gasteiger partial charge in [-0.25, -0.2) is 4.79 Å². The summed E-state index contributed by atoms with van der Waals surface area (Å²) in [7, 11) is 1.71. The van der Waals surface area contributed by atoms with Crippen molar-refractivity contribution in [1.29, 1.82) is 0 Å². The number of thiocarbonyl (C=S) groups is 1. The molecule has 2 aliphatic heterocycles. The van der Waals surface area contributed by atoms with Gasteiger partial charge in [-0.15, -0.1) is 11.8 Å². The molecule has 1 atom stereocenters. The summed E-state index contributed by atoms with van der Waals surface area (Å²) in [6.45, 7) is 0.549. The number of aliphatic carboxylic acids is 1. The highest BCUT2D eigenvalue weighted by Gasteiger charge is 2.47. The van der Waals surface area contributed by atoms with Crippen LogP contribution in [-0.4, -0.2) is 46.0 Å². The molecule has 6 nitrogen and oxygen atoms in total. The Morgan fingerprint density at radius 2 is 2.39 bits per heavy atom. The number of thioether (sulfide) groups is 1. The number of nitrogens with one attached hydrogen (secondary N) is 2. The van der Waals surface area contributed by atoms with Crippen LogP contribution in [0.3, 0.4) is 0 Å². The number of rotatable bonds is 4. The third kappa shape index (κ3) is 2.30. The van der Waals surface area contributed by atoms with Gasteiger partial charge >= 0.3 is 5.97 Å². The Hall–Kier alpha value is -1.28. The van der Waals surface area contributed by atoms with E-state index < -0.39 is 5.97 Å². The van der Waals surface area contributed by atoms with E-state index in [0.29, 0.717) is 24.5 Å². The van der Waals surface area contributed by atoms with Gasteiger partial charge in [0.1, 0.15) is 5.70 Å². The Morgan fingerprint density at radius 3 is 2.94 bits per heavy atom. The lowest BCUT2D eigenvalue weighted by Gasteiger charge is -2.33. The van der Waals surface area contributed by atoms with Crippen LogP contribution in [0, 0.1) is 0 Å². The summed E-state index contributed by atoms with van der Waals surface area (Å²) in [4.78, 5) is 24.7. The lowest BCUT2D eigenvalue weighted by Crippen LogP contribution is -2.48. The predicted molar refractivity (Wildman–Crippen MR) is 71.8 cm³/mol. The molecule has 1 fully saturated rings. The minimum atomic E-state index is -1.04. The monoisotopic (exact) mass is 287 g/mol. The zero-order valence-electron chi connectivity index (χ0n) is 9.73. The first-order valence-corrected chi connectivity index (χ1v) is 6.74. The van der Waals surface area contributed by atoms with Crippen molar-refractivity contribution in [2.75, 3.05) is 13.6 Å². The van der Waals surface area contributed by atoms with Gasteiger partial charge in [0.2, 0.25) is 5.91 Å². The third-order valence-electron chi connectivity index (χ3n) is 2.76. The average Bonchev–Trinajstić information content (AvgIpc) is 2.61. The summed E-state index contributed by atoms with van der Waals surface area (Å²) in [6.07, 6.45) is 0.974. The van der Waals surface area contributed by atoms with E-state index in [1.54, 1.807) is 7.05 Å². The van der Waals surface area contributed by atoms with Crippen molar-refractivity contribution in [1.82, 2.24) is 15.5 Å². The molecule has 8 heteroatoms. The molecule has 0 aromatic rings. The van der Waals surface area contributed by atoms with Crippen molar-refractivity contribution in [2.45, 2.75) is 18.2 Å². The first-order valence-electron chi connectivity index (χ1n) is 5.45. The fourth-order valence-corrected chi connectivity index (χ4v) is 3.38. The lowest BCUT2D eigenvalue weighted by atomic mass is 10.1. The normalized spacial score (nSPS) is 21.5. The van der Waals surface area contributed by atoms with Crippen molar-refractivity contribution >= 4 is 41.0 Å². The van der Waals surface area contributed by atoms with Crippen LogP contribution in [0.1, 0.15) is 12.8 Å². The second-order valence-corrected chi connectivity index (χ2v) is 5.55. The van der Waals surface area contributed by atoms with Crippen LogP contribution >= 0.6 is 24.0 Å². The quantitative estimate of drug-likeness (QED) is 0.499. The van der Waals surface area contributed by atoms with Crippen molar-refractivity contribution in [2.24, 2.45) is 0 Å². The smallest absolute Gasteiger partial charge is 0.353 e. The number of fused-ring (bicyclic) bond motifs is 1. The summed E-state index contributed by atoms with van der Waals surface area (Å²) in [6, 6.07) is 0. The van der Waals surface area contributed by atoms with Crippen LogP contribution in [0.5, 0.6) is 0 Å². The average molecular weight is 287 g/mol. The largest absolute Gasteiger partial charge is 0.477 e. The number of carboxylic acid groups (broad SMARTS) is 1. The standard InChI is InChI=1S/C10H13N3O3S2/c1-11-10(17)12-3-2-5-8(9(15)16)13-6(14)4-7(13)18-5/h7H,2-4H2,1H3,(H,15,16)(H2,11,12,17)/t7-/m1/s1. The molecule has 2 rings (SSSR count). The van der Waals surface area contributed by atoms with E-state index in [2.05, 4.69) is 10.6 Å². The fraction of sp³-hybridized carbons (Fsp3) is 0.500. The van der Waals surface area contributed by atoms with Crippen LogP contribution in [0.4, 0.5) is 0 Å². The number of carboxylic acids is 1. The Morgan fingerprint density at radius 1 is 1.67 bits per heavy atom. The van der Waals surface area contributed by atoms with Crippen LogP contribution < -0.4 is 10.6 Å². The molecule has 0 aromatic heterocycles. The molecule has 0 spiro atoms. The summed E-state index contributed by atoms with van der Waals surface area (Å²) in [5, 5.41) is 15.4. The number of hydrogen-bond donors (Lipinski definition) is 3. The summed E-state index contributed by atoms with van der Waals surface area (Å²) in [5.41, 5.74) is 0.137. The molecule has 0 radical (unpaired) electrons. The van der Waals surface area contributed by atoms with Crippen LogP contribution in [0.2, 0.25) is 0 Å². The summed E-state index contributed by atoms with van der Waals surface area (Å²) < 4.78 is 0. The zero-order valence-corrected chi connectivity index (χ0v) is 11.4. The van der Waals surface area contributed by atoms with E-state index >= 15 is 0 Å². The van der Waals surface area contributed by atoms with Crippen molar-refractivity contribution in [3.8, 4) is 0 Å². The van der Waals surface area contributed by atoms with Gasteiger partial charge in [-0.05, 0) is 18.6 Å². The Balaban J connectivity index is 2.00. The van der Waals surface area contributed by atoms with Gasteiger partial charge in [0, 0.05) is 18.5 Å². The molecular formula is C10H13N3O3S2. The highest BCUT2D eigenvalue weighted by molar-refractivity contribution is 8.04. The Kier molecular flexibility index (Phi) is 3.76. The van der Waals surface area contributed by atoms with Gasteiger partial charge in [0.05, 0.1) is 11.8 Å². The third-order valence-corrected chi connectivity index (χ3v) is 4.44. The van der Waals surface area contributed by atoms with E-state index in [9.17, 15) is 9.59 Å². The van der Waals surface area contributed by atoms with Crippen molar-refractivity contribution in [3.05, 3.63) is 10.6 Å². The first kappa shape index (κ1) is 13.2. The van der Waals surface area contributed by atoms with Gasteiger partial charge in [0.15, 0.2) is 5.11 Å². The van der Waals surface area contributed by atoms with Crippen LogP contribution in [-0.2, 0) is 9.59 Å². The van der Waals surface area contributed by atoms with E-state index in [4.69, 9.17) is 17.3 Å². The summed E-state index contributed by atoms with van der Waals surface area (Å²) >= 11 is 6.39. The number of carbonyl (C=O) groups is 2. The lowest BCUT2D eigenvalue weighted by molar-refractivity contribution is -0.145. The maximum absolute atomic E-state index is 11.4. The van der Waals surface area contributed by atoms with E-state index in [1.807, 2.05) is 0 Å². The molecule has 2 aliphatic rings. The molecular weight excluding hydrogens is 274 g/mol. The Bertz CT molecular complexity index is 450. The first-order chi connectivity index (χ1) is 8.54. The van der Waals surface area contributed by atoms with Crippen molar-refractivity contribution in [3.63, 3.8) is 0 Å². The zero-order chi connectivity index (χ0) is 13.3. The molecule has 2 heterocycles. The van der Waals surface area contributed by atoms with Gasteiger partial charge in [-0.2, -0.15) is 0 Å². The van der Waals surface area contributed by atoms with Crippen molar-refractivity contribution < 1.29 is 14.7 Å². The number of amides is 1. The molecule has 0 saturated carbocycles. The van der Waals surface area contributed by atoms with E-state index in [0.717, 1.165) is 4.91 Å². The number of carbonyl (C=O) groups excluding carboxylic acids is 1. The minimum absolute atomic E-state index is 0.0187. The molecule has 0 aliphatic carbocycles. The highest BCUT2D eigenvalue weighted by Crippen LogP contribution is 2.47. The molecule has 18 heavy (non-hydrogen) atoms. The SMILES string of the molecule is CNC(=S)NCCC1=C(C(=O)O)N2C(=O)C[C@H]2S1. The van der Waals surface area contributed by atoms with Gasteiger partial charge in [0.25, 0.3) is 0 Å². The van der Waals surface area contributed by atoms with Gasteiger partial charge < -0.3 is 15.7 Å². The fourth-order valence-electron chi connectivity index (χ4n) is 1.88. The number of β-lactam (4-membered cyclic amide) rings is 1. The second kappa shape index (κ2) is 5.15. The van der Waals surface area contributed by atoms with Gasteiger partial charge in [-0.3, -0.25) is 9.69 Å². The maximum atomic E-state index is 11.4. The molecule has 1 saturated heterocycles. The minimum Gasteiger partial charge on any atom is -0.477 e. The number of nitrogens with zero attached hydrogens (tertiary/aromatic N) is 1. The number of hydrogen-bond acceptors (Lipinski definition) is 4. The molecule has 0 unspecified atom stereocenters. The molecule has 98 valence electrons.